The lowest BCUT2D eigenvalue weighted by molar-refractivity contribution is -0.118. The van der Waals surface area contributed by atoms with Gasteiger partial charge in [0, 0.05) is 18.8 Å². The van der Waals surface area contributed by atoms with E-state index in [4.69, 9.17) is 22.1 Å². The van der Waals surface area contributed by atoms with Gasteiger partial charge in [-0.2, -0.15) is 0 Å². The molecule has 0 aliphatic carbocycles. The maximum absolute atomic E-state index is 13.4. The molecule has 0 bridgehead atoms. The van der Waals surface area contributed by atoms with Crippen LogP contribution in [0.1, 0.15) is 6.92 Å². The van der Waals surface area contributed by atoms with Gasteiger partial charge in [-0.1, -0.05) is 29.8 Å². The molecule has 0 fully saturated rings. The van der Waals surface area contributed by atoms with Crippen LogP contribution in [0.3, 0.4) is 0 Å². The van der Waals surface area contributed by atoms with Crippen molar-refractivity contribution < 1.29 is 17.9 Å². The highest BCUT2D eigenvalue weighted by Crippen LogP contribution is 2.33. The Kier molecular flexibility index (Phi) is 7.37. The van der Waals surface area contributed by atoms with Crippen molar-refractivity contribution in [3.8, 4) is 5.75 Å². The van der Waals surface area contributed by atoms with E-state index in [1.807, 2.05) is 0 Å². The summed E-state index contributed by atoms with van der Waals surface area (Å²) in [6.45, 7) is 1.63. The number of likely N-dealkylation sites (N-methyl/N-ethyl adjacent to an activating group) is 1. The Balaban J connectivity index is 1.75. The van der Waals surface area contributed by atoms with Crippen molar-refractivity contribution in [2.75, 3.05) is 29.1 Å². The first-order valence-electron chi connectivity index (χ1n) is 11.1. The normalized spacial score (nSPS) is 12.1. The molecule has 192 valence electrons. The Morgan fingerprint density at radius 1 is 1.03 bits per heavy atom. The van der Waals surface area contributed by atoms with Crippen molar-refractivity contribution in [3.63, 3.8) is 0 Å². The SMILES string of the molecule is COc1ccc(Cl)c(Nc2nc3ccccc3nc2NS(=O)(=O)c2cccc(N(C)[C@@H](C)C(N)=O)c2)c1. The lowest BCUT2D eigenvalue weighted by Crippen LogP contribution is -2.40. The van der Waals surface area contributed by atoms with Crippen LogP contribution in [0.15, 0.2) is 71.6 Å². The number of hydrogen-bond acceptors (Lipinski definition) is 8. The van der Waals surface area contributed by atoms with Gasteiger partial charge in [0.25, 0.3) is 10.0 Å². The van der Waals surface area contributed by atoms with Gasteiger partial charge in [0.2, 0.25) is 5.91 Å². The number of rotatable bonds is 9. The number of aromatic nitrogens is 2. The molecule has 37 heavy (non-hydrogen) atoms. The smallest absolute Gasteiger partial charge is 0.263 e. The monoisotopic (exact) mass is 540 g/mol. The Hall–Kier alpha value is -4.09. The van der Waals surface area contributed by atoms with Crippen LogP contribution in [0.2, 0.25) is 5.02 Å². The van der Waals surface area contributed by atoms with Gasteiger partial charge in [0.1, 0.15) is 11.8 Å². The van der Waals surface area contributed by atoms with E-state index >= 15 is 0 Å². The van der Waals surface area contributed by atoms with Crippen LogP contribution in [0.4, 0.5) is 23.0 Å². The minimum atomic E-state index is -4.11. The fourth-order valence-electron chi connectivity index (χ4n) is 3.48. The number of carbonyl (C=O) groups is 1. The number of sulfonamides is 1. The number of anilines is 4. The number of fused-ring (bicyclic) bond motifs is 1. The Morgan fingerprint density at radius 3 is 2.35 bits per heavy atom. The quantitative estimate of drug-likeness (QED) is 0.288. The third-order valence-corrected chi connectivity index (χ3v) is 7.42. The van der Waals surface area contributed by atoms with E-state index in [9.17, 15) is 13.2 Å². The minimum Gasteiger partial charge on any atom is -0.497 e. The molecule has 3 aromatic carbocycles. The number of ether oxygens (including phenoxy) is 1. The molecule has 0 aliphatic rings. The van der Waals surface area contributed by atoms with Gasteiger partial charge in [-0.25, -0.2) is 18.4 Å². The van der Waals surface area contributed by atoms with Crippen molar-refractivity contribution in [1.82, 2.24) is 9.97 Å². The third-order valence-electron chi connectivity index (χ3n) is 5.76. The molecule has 10 nitrogen and oxygen atoms in total. The summed E-state index contributed by atoms with van der Waals surface area (Å²) in [5.41, 5.74) is 7.40. The van der Waals surface area contributed by atoms with E-state index < -0.39 is 22.0 Å². The van der Waals surface area contributed by atoms with E-state index in [0.29, 0.717) is 33.2 Å². The van der Waals surface area contributed by atoms with E-state index in [0.717, 1.165) is 0 Å². The second kappa shape index (κ2) is 10.5. The molecule has 1 aromatic heterocycles. The van der Waals surface area contributed by atoms with Crippen LogP contribution < -0.4 is 25.4 Å². The van der Waals surface area contributed by atoms with Gasteiger partial charge in [0.15, 0.2) is 11.6 Å². The van der Waals surface area contributed by atoms with E-state index in [-0.39, 0.29) is 16.5 Å². The molecule has 1 amide bonds. The topological polar surface area (TPSA) is 140 Å². The highest BCUT2D eigenvalue weighted by molar-refractivity contribution is 7.92. The largest absolute Gasteiger partial charge is 0.497 e. The maximum Gasteiger partial charge on any atom is 0.263 e. The highest BCUT2D eigenvalue weighted by atomic mass is 35.5. The summed E-state index contributed by atoms with van der Waals surface area (Å²) in [5.74, 6) is 0.135. The summed E-state index contributed by atoms with van der Waals surface area (Å²) in [5, 5.41) is 3.45. The molecule has 0 unspecified atom stereocenters. The van der Waals surface area contributed by atoms with Crippen molar-refractivity contribution in [3.05, 3.63) is 71.8 Å². The van der Waals surface area contributed by atoms with Crippen LogP contribution in [-0.4, -0.2) is 44.5 Å². The number of nitrogens with one attached hydrogen (secondary N) is 2. The fraction of sp³-hybridized carbons (Fsp3) is 0.160. The average molecular weight is 541 g/mol. The predicted molar refractivity (Wildman–Crippen MR) is 145 cm³/mol. The zero-order valence-electron chi connectivity index (χ0n) is 20.3. The van der Waals surface area contributed by atoms with Crippen LogP contribution in [0.25, 0.3) is 11.0 Å². The second-order valence-electron chi connectivity index (χ2n) is 8.17. The Labute approximate surface area is 219 Å². The molecule has 0 radical (unpaired) electrons. The minimum absolute atomic E-state index is 0.0261. The maximum atomic E-state index is 13.4. The zero-order chi connectivity index (χ0) is 26.7. The first-order valence-corrected chi connectivity index (χ1v) is 13.0. The van der Waals surface area contributed by atoms with Gasteiger partial charge in [0.05, 0.1) is 33.7 Å². The van der Waals surface area contributed by atoms with Crippen molar-refractivity contribution in [2.45, 2.75) is 17.9 Å². The summed E-state index contributed by atoms with van der Waals surface area (Å²) in [6, 6.07) is 17.6. The molecule has 0 spiro atoms. The lowest BCUT2D eigenvalue weighted by atomic mass is 10.2. The van der Waals surface area contributed by atoms with Crippen LogP contribution >= 0.6 is 11.6 Å². The molecule has 0 aliphatic heterocycles. The lowest BCUT2D eigenvalue weighted by Gasteiger charge is -2.25. The zero-order valence-corrected chi connectivity index (χ0v) is 21.8. The average Bonchev–Trinajstić information content (AvgIpc) is 2.89. The number of hydrogen-bond donors (Lipinski definition) is 3. The second-order valence-corrected chi connectivity index (χ2v) is 10.3. The van der Waals surface area contributed by atoms with Crippen LogP contribution in [-0.2, 0) is 14.8 Å². The number of methoxy groups -OCH3 is 1. The molecular formula is C25H25ClN6O4S. The first kappa shape index (κ1) is 26.0. The molecule has 4 aromatic rings. The first-order chi connectivity index (χ1) is 17.6. The summed E-state index contributed by atoms with van der Waals surface area (Å²) < 4.78 is 34.7. The molecule has 4 rings (SSSR count). The molecule has 1 atom stereocenters. The fourth-order valence-corrected chi connectivity index (χ4v) is 4.70. The van der Waals surface area contributed by atoms with E-state index in [2.05, 4.69) is 20.0 Å². The highest BCUT2D eigenvalue weighted by Gasteiger charge is 2.22. The van der Waals surface area contributed by atoms with Gasteiger partial charge in [-0.15, -0.1) is 0 Å². The Bertz CT molecular complexity index is 1580. The van der Waals surface area contributed by atoms with Crippen LogP contribution in [0.5, 0.6) is 5.75 Å². The molecule has 0 saturated heterocycles. The number of amides is 1. The van der Waals surface area contributed by atoms with Gasteiger partial charge < -0.3 is 20.7 Å². The number of nitrogens with two attached hydrogens (primary N) is 1. The Morgan fingerprint density at radius 2 is 1.70 bits per heavy atom. The van der Waals surface area contributed by atoms with Gasteiger partial charge >= 0.3 is 0 Å². The molecule has 1 heterocycles. The summed E-state index contributed by atoms with van der Waals surface area (Å²) in [6.07, 6.45) is 0. The summed E-state index contributed by atoms with van der Waals surface area (Å²) in [4.78, 5) is 22.2. The van der Waals surface area contributed by atoms with Gasteiger partial charge in [-0.3, -0.25) is 9.52 Å². The molecule has 0 saturated carbocycles. The predicted octanol–water partition coefficient (Wildman–Crippen LogP) is 4.15. The number of nitrogens with zero attached hydrogens (tertiary/aromatic N) is 3. The van der Waals surface area contributed by atoms with E-state index in [1.165, 1.54) is 19.2 Å². The van der Waals surface area contributed by atoms with Crippen molar-refractivity contribution in [1.29, 1.82) is 0 Å². The number of benzene rings is 3. The molecule has 12 heteroatoms. The standard InChI is InChI=1S/C25H25ClN6O4S/c1-15(23(27)33)32(2)16-7-6-8-18(13-16)37(34,35)31-25-24(28-20-9-4-5-10-21(20)29-25)30-22-14-17(36-3)11-12-19(22)26/h4-15H,1-3H3,(H2,27,33)(H,28,30)(H,29,31)/t15-/m0/s1. The van der Waals surface area contributed by atoms with Gasteiger partial charge in [-0.05, 0) is 49.4 Å². The van der Waals surface area contributed by atoms with Crippen molar-refractivity contribution in [2.24, 2.45) is 5.73 Å². The number of carbonyl (C=O) groups excluding carboxylic acids is 1. The number of halogens is 1. The number of para-hydroxylation sites is 2. The van der Waals surface area contributed by atoms with Crippen LogP contribution in [0, 0.1) is 0 Å². The molecular weight excluding hydrogens is 516 g/mol. The molecule has 4 N–H and O–H groups in total. The summed E-state index contributed by atoms with van der Waals surface area (Å²) in [7, 11) is -0.933. The van der Waals surface area contributed by atoms with E-state index in [1.54, 1.807) is 73.5 Å². The van der Waals surface area contributed by atoms with Crippen molar-refractivity contribution >= 4 is 61.6 Å². The summed E-state index contributed by atoms with van der Waals surface area (Å²) >= 11 is 6.35. The third kappa shape index (κ3) is 5.68. The number of primary amides is 1.